The minimum absolute atomic E-state index is 0.715. The van der Waals surface area contributed by atoms with E-state index >= 15 is 0 Å². The average molecular weight is 276 g/mol. The Hall–Kier alpha value is -1.26. The van der Waals surface area contributed by atoms with Gasteiger partial charge in [-0.25, -0.2) is 4.98 Å². The number of hydrogen-bond donors (Lipinski definition) is 1. The lowest BCUT2D eigenvalue weighted by molar-refractivity contribution is 0.431. The zero-order valence-corrected chi connectivity index (χ0v) is 12.5. The first-order valence-corrected chi connectivity index (χ1v) is 7.42. The number of hydrogen-bond acceptors (Lipinski definition) is 4. The number of rotatable bonds is 6. The van der Waals surface area contributed by atoms with Crippen molar-refractivity contribution in [1.82, 2.24) is 10.3 Å². The van der Waals surface area contributed by atoms with Crippen LogP contribution >= 0.6 is 11.8 Å². The van der Waals surface area contributed by atoms with Crippen molar-refractivity contribution >= 4 is 11.8 Å². The number of oxazole rings is 1. The van der Waals surface area contributed by atoms with Gasteiger partial charge in [-0.15, -0.1) is 0 Å². The number of aromatic nitrogens is 1. The van der Waals surface area contributed by atoms with Crippen LogP contribution in [-0.2, 0) is 6.54 Å². The van der Waals surface area contributed by atoms with Crippen molar-refractivity contribution < 1.29 is 4.42 Å². The van der Waals surface area contributed by atoms with Gasteiger partial charge in [0.25, 0.3) is 5.22 Å². The first kappa shape index (κ1) is 14.2. The molecule has 0 unspecified atom stereocenters. The summed E-state index contributed by atoms with van der Waals surface area (Å²) in [7, 11) is 0. The molecule has 1 heterocycles. The summed E-state index contributed by atoms with van der Waals surface area (Å²) in [6, 6.07) is 8.52. The zero-order chi connectivity index (χ0) is 13.7. The van der Waals surface area contributed by atoms with Gasteiger partial charge in [0.15, 0.2) is 0 Å². The molecule has 0 bridgehead atoms. The Labute approximate surface area is 118 Å². The molecule has 102 valence electrons. The Morgan fingerprint density at radius 2 is 1.95 bits per heavy atom. The molecule has 4 heteroatoms. The summed E-state index contributed by atoms with van der Waals surface area (Å²) >= 11 is 1.56. The Balaban J connectivity index is 1.94. The van der Waals surface area contributed by atoms with E-state index in [1.807, 2.05) is 13.8 Å². The highest BCUT2D eigenvalue weighted by Gasteiger charge is 2.07. The van der Waals surface area contributed by atoms with Gasteiger partial charge in [-0.05, 0) is 56.3 Å². The van der Waals surface area contributed by atoms with Crippen LogP contribution in [0.25, 0.3) is 0 Å². The lowest BCUT2D eigenvalue weighted by Crippen LogP contribution is -2.13. The SMILES string of the molecule is CCCNCc1ccc(Sc2nc(C)c(C)o2)cc1. The Morgan fingerprint density at radius 1 is 1.21 bits per heavy atom. The topological polar surface area (TPSA) is 38.1 Å². The first-order valence-electron chi connectivity index (χ1n) is 6.60. The molecular formula is C15H20N2OS. The van der Waals surface area contributed by atoms with E-state index in [-0.39, 0.29) is 0 Å². The molecule has 2 aromatic rings. The fourth-order valence-corrected chi connectivity index (χ4v) is 2.50. The maximum Gasteiger partial charge on any atom is 0.260 e. The fraction of sp³-hybridized carbons (Fsp3) is 0.400. The van der Waals surface area contributed by atoms with Crippen molar-refractivity contribution in [3.05, 3.63) is 41.3 Å². The van der Waals surface area contributed by atoms with Gasteiger partial charge in [-0.2, -0.15) is 0 Å². The minimum Gasteiger partial charge on any atom is -0.436 e. The highest BCUT2D eigenvalue weighted by Crippen LogP contribution is 2.28. The third-order valence-corrected chi connectivity index (χ3v) is 3.75. The van der Waals surface area contributed by atoms with Crippen LogP contribution in [-0.4, -0.2) is 11.5 Å². The standard InChI is InChI=1S/C15H20N2OS/c1-4-9-16-10-13-5-7-14(8-6-13)19-15-17-11(2)12(3)18-15/h5-8,16H,4,9-10H2,1-3H3. The van der Waals surface area contributed by atoms with E-state index in [2.05, 4.69) is 41.5 Å². The van der Waals surface area contributed by atoms with Gasteiger partial charge in [0.05, 0.1) is 5.69 Å². The molecule has 19 heavy (non-hydrogen) atoms. The van der Waals surface area contributed by atoms with Crippen LogP contribution in [0.1, 0.15) is 30.4 Å². The summed E-state index contributed by atoms with van der Waals surface area (Å²) in [4.78, 5) is 5.53. The molecule has 0 radical (unpaired) electrons. The van der Waals surface area contributed by atoms with Crippen LogP contribution in [0.2, 0.25) is 0 Å². The van der Waals surface area contributed by atoms with E-state index in [1.165, 1.54) is 5.56 Å². The highest BCUT2D eigenvalue weighted by atomic mass is 32.2. The molecule has 0 saturated heterocycles. The summed E-state index contributed by atoms with van der Waals surface area (Å²) in [5, 5.41) is 4.11. The predicted octanol–water partition coefficient (Wildman–Crippen LogP) is 3.94. The smallest absolute Gasteiger partial charge is 0.260 e. The van der Waals surface area contributed by atoms with Crippen LogP contribution < -0.4 is 5.32 Å². The molecule has 3 nitrogen and oxygen atoms in total. The summed E-state index contributed by atoms with van der Waals surface area (Å²) in [6.45, 7) is 8.06. The van der Waals surface area contributed by atoms with E-state index in [4.69, 9.17) is 4.42 Å². The van der Waals surface area contributed by atoms with Crippen LogP contribution in [0.5, 0.6) is 0 Å². The highest BCUT2D eigenvalue weighted by molar-refractivity contribution is 7.99. The summed E-state index contributed by atoms with van der Waals surface area (Å²) in [5.74, 6) is 0.892. The summed E-state index contributed by atoms with van der Waals surface area (Å²) < 4.78 is 5.57. The van der Waals surface area contributed by atoms with Gasteiger partial charge in [0, 0.05) is 11.4 Å². The fourth-order valence-electron chi connectivity index (χ4n) is 1.67. The molecule has 2 rings (SSSR count). The largest absolute Gasteiger partial charge is 0.436 e. The van der Waals surface area contributed by atoms with Crippen molar-refractivity contribution in [2.45, 2.75) is 43.9 Å². The van der Waals surface area contributed by atoms with E-state index in [1.54, 1.807) is 11.8 Å². The summed E-state index contributed by atoms with van der Waals surface area (Å²) in [5.41, 5.74) is 2.26. The molecule has 0 aliphatic heterocycles. The molecule has 0 fully saturated rings. The second kappa shape index (κ2) is 6.78. The average Bonchev–Trinajstić information content (AvgIpc) is 2.71. The van der Waals surface area contributed by atoms with Crippen LogP contribution in [0.15, 0.2) is 38.8 Å². The Morgan fingerprint density at radius 3 is 2.53 bits per heavy atom. The maximum absolute atomic E-state index is 5.57. The normalized spacial score (nSPS) is 10.9. The quantitative estimate of drug-likeness (QED) is 0.811. The lowest BCUT2D eigenvalue weighted by atomic mass is 10.2. The van der Waals surface area contributed by atoms with Gasteiger partial charge in [-0.3, -0.25) is 0 Å². The van der Waals surface area contributed by atoms with Crippen LogP contribution in [0.4, 0.5) is 0 Å². The third kappa shape index (κ3) is 4.11. The minimum atomic E-state index is 0.715. The molecule has 1 N–H and O–H groups in total. The van der Waals surface area contributed by atoms with E-state index in [0.29, 0.717) is 5.22 Å². The van der Waals surface area contributed by atoms with E-state index in [9.17, 15) is 0 Å². The van der Waals surface area contributed by atoms with Gasteiger partial charge >= 0.3 is 0 Å². The maximum atomic E-state index is 5.57. The molecule has 0 aliphatic carbocycles. The number of aryl methyl sites for hydroxylation is 2. The molecule has 0 atom stereocenters. The van der Waals surface area contributed by atoms with Crippen molar-refractivity contribution in [3.63, 3.8) is 0 Å². The molecule has 0 spiro atoms. The van der Waals surface area contributed by atoms with Crippen molar-refractivity contribution in [3.8, 4) is 0 Å². The Bertz CT molecular complexity index is 500. The number of nitrogens with zero attached hydrogens (tertiary/aromatic N) is 1. The molecule has 1 aromatic heterocycles. The number of nitrogens with one attached hydrogen (secondary N) is 1. The van der Waals surface area contributed by atoms with Gasteiger partial charge in [0.2, 0.25) is 0 Å². The molecule has 1 aromatic carbocycles. The van der Waals surface area contributed by atoms with Crippen LogP contribution in [0.3, 0.4) is 0 Å². The molecule has 0 saturated carbocycles. The number of benzene rings is 1. The van der Waals surface area contributed by atoms with Crippen molar-refractivity contribution in [1.29, 1.82) is 0 Å². The zero-order valence-electron chi connectivity index (χ0n) is 11.7. The third-order valence-electron chi connectivity index (χ3n) is 2.89. The van der Waals surface area contributed by atoms with E-state index < -0.39 is 0 Å². The summed E-state index contributed by atoms with van der Waals surface area (Å²) in [6.07, 6.45) is 1.16. The second-order valence-corrected chi connectivity index (χ2v) is 5.57. The molecule has 0 aliphatic rings. The van der Waals surface area contributed by atoms with Crippen molar-refractivity contribution in [2.75, 3.05) is 6.54 Å². The second-order valence-electron chi connectivity index (χ2n) is 4.54. The van der Waals surface area contributed by atoms with Crippen LogP contribution in [0, 0.1) is 13.8 Å². The predicted molar refractivity (Wildman–Crippen MR) is 78.5 cm³/mol. The lowest BCUT2D eigenvalue weighted by Gasteiger charge is -2.04. The van der Waals surface area contributed by atoms with Crippen molar-refractivity contribution in [2.24, 2.45) is 0 Å². The molecule has 0 amide bonds. The Kier molecular flexibility index (Phi) is 5.05. The van der Waals surface area contributed by atoms with Gasteiger partial charge in [0.1, 0.15) is 5.76 Å². The first-order chi connectivity index (χ1) is 9.19. The molecular weight excluding hydrogens is 256 g/mol. The monoisotopic (exact) mass is 276 g/mol. The van der Waals surface area contributed by atoms with E-state index in [0.717, 1.165) is 35.9 Å². The van der Waals surface area contributed by atoms with Gasteiger partial charge in [-0.1, -0.05) is 19.1 Å². The van der Waals surface area contributed by atoms with Gasteiger partial charge < -0.3 is 9.73 Å².